The van der Waals surface area contributed by atoms with Gasteiger partial charge in [0.25, 0.3) is 0 Å². The first-order valence-electron chi connectivity index (χ1n) is 10.3. The molecule has 5 nitrogen and oxygen atoms in total. The summed E-state index contributed by atoms with van der Waals surface area (Å²) in [6, 6.07) is 7.26. The van der Waals surface area contributed by atoms with Crippen LogP contribution >= 0.6 is 9.24 Å². The number of nitrogens with one attached hydrogen (secondary N) is 1. The Labute approximate surface area is 163 Å². The highest BCUT2D eigenvalue weighted by Gasteiger charge is 2.41. The van der Waals surface area contributed by atoms with Crippen LogP contribution in [-0.4, -0.2) is 46.9 Å². The molecule has 1 spiro atoms. The second-order valence-corrected chi connectivity index (χ2v) is 9.38. The van der Waals surface area contributed by atoms with Crippen molar-refractivity contribution in [2.45, 2.75) is 68.7 Å². The van der Waals surface area contributed by atoms with Crippen LogP contribution < -0.4 is 10.2 Å². The zero-order chi connectivity index (χ0) is 18.4. The molecule has 0 aromatic heterocycles. The average Bonchev–Trinajstić information content (AvgIpc) is 2.62. The molecule has 1 aromatic carbocycles. The lowest BCUT2D eigenvalue weighted by Gasteiger charge is -2.48. The monoisotopic (exact) mass is 385 g/mol. The maximum atomic E-state index is 11.5. The van der Waals surface area contributed by atoms with Crippen molar-refractivity contribution >= 4 is 20.9 Å². The third-order valence-corrected chi connectivity index (χ3v) is 7.44. The van der Waals surface area contributed by atoms with Gasteiger partial charge in [0.2, 0.25) is 5.91 Å². The van der Waals surface area contributed by atoms with Gasteiger partial charge in [0.1, 0.15) is 11.4 Å². The second-order valence-electron chi connectivity index (χ2n) is 8.57. The van der Waals surface area contributed by atoms with E-state index in [1.54, 1.807) is 0 Å². The lowest BCUT2D eigenvalue weighted by Crippen LogP contribution is -2.53. The van der Waals surface area contributed by atoms with Crippen molar-refractivity contribution in [3.8, 4) is 5.75 Å². The molecule has 1 aromatic rings. The molecule has 0 bridgehead atoms. The molecule has 1 N–H and O–H groups in total. The minimum absolute atomic E-state index is 0.0183. The number of likely N-dealkylation sites (tertiary alicyclic amines) is 1. The lowest BCUT2D eigenvalue weighted by molar-refractivity contribution is -0.121. The molecule has 144 valence electrons. The predicted octanol–water partition coefficient (Wildman–Crippen LogP) is 2.87. The minimum Gasteiger partial charge on any atom is -0.487 e. The molecule has 4 aliphatic rings. The number of fused-ring (bicyclic) bond motifs is 1. The summed E-state index contributed by atoms with van der Waals surface area (Å²) in [7, 11) is 2.74. The fourth-order valence-electron chi connectivity index (χ4n) is 4.91. The Balaban J connectivity index is 1.30. The molecule has 3 heterocycles. The smallest absolute Gasteiger partial charge is 0.241 e. The Morgan fingerprint density at radius 3 is 2.74 bits per heavy atom. The number of hydrogen-bond donors (Lipinski definition) is 1. The Morgan fingerprint density at radius 2 is 2.04 bits per heavy atom. The number of ether oxygens (including phenoxy) is 1. The Bertz CT molecular complexity index is 782. The van der Waals surface area contributed by atoms with Gasteiger partial charge in [-0.3, -0.25) is 4.79 Å². The fraction of sp³-hybridized carbons (Fsp3) is 0.619. The molecule has 1 amide bonds. The van der Waals surface area contributed by atoms with Gasteiger partial charge in [-0.1, -0.05) is 6.42 Å². The van der Waals surface area contributed by atoms with E-state index in [4.69, 9.17) is 4.74 Å². The average molecular weight is 385 g/mol. The maximum Gasteiger partial charge on any atom is 0.241 e. The summed E-state index contributed by atoms with van der Waals surface area (Å²) in [5, 5.41) is 4.28. The van der Waals surface area contributed by atoms with Gasteiger partial charge in [0.15, 0.2) is 0 Å². The second kappa shape index (κ2) is 6.86. The number of rotatable bonds is 2. The molecule has 1 saturated carbocycles. The van der Waals surface area contributed by atoms with Gasteiger partial charge < -0.3 is 9.64 Å². The van der Waals surface area contributed by atoms with Crippen molar-refractivity contribution in [3.05, 3.63) is 29.3 Å². The van der Waals surface area contributed by atoms with Crippen LogP contribution in [0.1, 0.15) is 56.1 Å². The molecule has 2 fully saturated rings. The Hall–Kier alpha value is -1.45. The first-order valence-corrected chi connectivity index (χ1v) is 11.0. The molecule has 6 heteroatoms. The first-order chi connectivity index (χ1) is 13.1. The summed E-state index contributed by atoms with van der Waals surface area (Å²) in [4.78, 5) is 14.2. The lowest BCUT2D eigenvalue weighted by atomic mass is 9.81. The summed E-state index contributed by atoms with van der Waals surface area (Å²) in [5.74, 6) is 1.03. The summed E-state index contributed by atoms with van der Waals surface area (Å²) in [6.07, 6.45) is 9.13. The third kappa shape index (κ3) is 3.30. The van der Waals surface area contributed by atoms with Crippen molar-refractivity contribution in [3.63, 3.8) is 0 Å². The van der Waals surface area contributed by atoms with E-state index < -0.39 is 0 Å². The van der Waals surface area contributed by atoms with E-state index in [1.807, 2.05) is 0 Å². The van der Waals surface area contributed by atoms with E-state index in [0.717, 1.165) is 48.7 Å². The number of benzene rings is 1. The largest absolute Gasteiger partial charge is 0.487 e. The topological polar surface area (TPSA) is 53.9 Å². The van der Waals surface area contributed by atoms with Crippen molar-refractivity contribution < 1.29 is 9.53 Å². The Kier molecular flexibility index (Phi) is 4.48. The number of piperidine rings is 1. The van der Waals surface area contributed by atoms with Crippen LogP contribution in [0, 0.1) is 0 Å². The van der Waals surface area contributed by atoms with E-state index >= 15 is 0 Å². The van der Waals surface area contributed by atoms with Gasteiger partial charge >= 0.3 is 0 Å². The molecular formula is C21H28N3O2P. The van der Waals surface area contributed by atoms with Gasteiger partial charge in [0, 0.05) is 31.2 Å². The van der Waals surface area contributed by atoms with Crippen LogP contribution in [0.2, 0.25) is 0 Å². The van der Waals surface area contributed by atoms with Crippen LogP contribution in [0.3, 0.4) is 0 Å². The highest BCUT2D eigenvalue weighted by Crippen LogP contribution is 2.41. The number of nitrogens with zero attached hydrogens (tertiary/aromatic N) is 2. The molecule has 0 radical (unpaired) electrons. The molecular weight excluding hydrogens is 357 g/mol. The highest BCUT2D eigenvalue weighted by atomic mass is 31.0. The van der Waals surface area contributed by atoms with Crippen molar-refractivity contribution in [1.29, 1.82) is 0 Å². The number of aryl methyl sites for hydroxylation is 1. The number of amides is 1. The molecule has 5 rings (SSSR count). The van der Waals surface area contributed by atoms with E-state index in [9.17, 15) is 4.79 Å². The first kappa shape index (κ1) is 17.6. The predicted molar refractivity (Wildman–Crippen MR) is 109 cm³/mol. The highest BCUT2D eigenvalue weighted by molar-refractivity contribution is 7.19. The molecule has 2 unspecified atom stereocenters. The van der Waals surface area contributed by atoms with Gasteiger partial charge in [-0.2, -0.15) is 5.10 Å². The summed E-state index contributed by atoms with van der Waals surface area (Å²) in [6.45, 7) is 2.37. The van der Waals surface area contributed by atoms with Crippen LogP contribution in [0.15, 0.2) is 23.3 Å². The van der Waals surface area contributed by atoms with E-state index in [-0.39, 0.29) is 17.2 Å². The van der Waals surface area contributed by atoms with Crippen LogP contribution in [0.4, 0.5) is 0 Å². The molecule has 3 aliphatic heterocycles. The zero-order valence-corrected chi connectivity index (χ0v) is 16.9. The van der Waals surface area contributed by atoms with Crippen LogP contribution in [-0.2, 0) is 11.2 Å². The van der Waals surface area contributed by atoms with Crippen LogP contribution in [0.5, 0.6) is 5.75 Å². The zero-order valence-electron chi connectivity index (χ0n) is 15.7. The normalized spacial score (nSPS) is 28.0. The van der Waals surface area contributed by atoms with E-state index in [0.29, 0.717) is 6.42 Å². The third-order valence-electron chi connectivity index (χ3n) is 6.89. The summed E-state index contributed by atoms with van der Waals surface area (Å²) in [5.41, 5.74) is 6.03. The summed E-state index contributed by atoms with van der Waals surface area (Å²) >= 11 is 0. The molecule has 1 saturated heterocycles. The van der Waals surface area contributed by atoms with Gasteiger partial charge in [-0.05, 0) is 67.9 Å². The summed E-state index contributed by atoms with van der Waals surface area (Å²) < 4.78 is 6.58. The van der Waals surface area contributed by atoms with Gasteiger partial charge in [0.05, 0.1) is 5.71 Å². The number of hydrogen-bond acceptors (Lipinski definition) is 4. The minimum atomic E-state index is -0.0183. The fourth-order valence-corrected chi connectivity index (χ4v) is 5.39. The van der Waals surface area contributed by atoms with Crippen molar-refractivity contribution in [1.82, 2.24) is 10.3 Å². The Morgan fingerprint density at radius 1 is 1.22 bits per heavy atom. The van der Waals surface area contributed by atoms with E-state index in [1.165, 1.54) is 37.9 Å². The van der Waals surface area contributed by atoms with Gasteiger partial charge in [-0.25, -0.2) is 5.43 Å². The van der Waals surface area contributed by atoms with Crippen molar-refractivity contribution in [2.24, 2.45) is 5.10 Å². The quantitative estimate of drug-likeness (QED) is 0.797. The standard InChI is InChI=1S/C21H28N3O2P/c25-19-13-18(27)20(23-22-19)15-4-5-17-14(12-15)6-7-21(26-17)8-10-24(11-9-21)16-2-1-3-16/h4-5,12,16,18H,1-3,6-11,13,27H2,(H,22,25). The van der Waals surface area contributed by atoms with Gasteiger partial charge in [-0.15, -0.1) is 9.24 Å². The molecule has 2 atom stereocenters. The molecule has 27 heavy (non-hydrogen) atoms. The van der Waals surface area contributed by atoms with Crippen molar-refractivity contribution in [2.75, 3.05) is 13.1 Å². The maximum absolute atomic E-state index is 11.5. The number of carbonyl (C=O) groups is 1. The van der Waals surface area contributed by atoms with Crippen LogP contribution in [0.25, 0.3) is 0 Å². The molecule has 1 aliphatic carbocycles. The number of carbonyl (C=O) groups excluding carboxylic acids is 1. The number of hydrazone groups is 1. The van der Waals surface area contributed by atoms with E-state index in [2.05, 4.69) is 42.9 Å². The SMILES string of the molecule is O=C1CC(P)C(c2ccc3c(c2)CCC2(CCN(C4CCC4)CC2)O3)=NN1.